The number of hydrogen-bond donors (Lipinski definition) is 1. The number of methoxy groups -OCH3 is 1. The van der Waals surface area contributed by atoms with Crippen molar-refractivity contribution >= 4 is 22.8 Å². The Morgan fingerprint density at radius 2 is 2.08 bits per heavy atom. The van der Waals surface area contributed by atoms with Crippen LogP contribution in [0.1, 0.15) is 13.3 Å². The van der Waals surface area contributed by atoms with Gasteiger partial charge in [0.2, 0.25) is 5.91 Å². The van der Waals surface area contributed by atoms with Gasteiger partial charge in [0.15, 0.2) is 11.5 Å². The van der Waals surface area contributed by atoms with Crippen molar-refractivity contribution < 1.29 is 9.53 Å². The molecule has 0 saturated heterocycles. The zero-order valence-electron chi connectivity index (χ0n) is 13.7. The van der Waals surface area contributed by atoms with Crippen LogP contribution in [0, 0.1) is 0 Å². The molecule has 0 fully saturated rings. The minimum atomic E-state index is -0.0809. The monoisotopic (exact) mass is 325 g/mol. The Hall–Kier alpha value is -2.80. The van der Waals surface area contributed by atoms with Crippen molar-refractivity contribution in [3.05, 3.63) is 36.8 Å². The van der Waals surface area contributed by atoms with Gasteiger partial charge in [-0.05, 0) is 23.8 Å². The van der Waals surface area contributed by atoms with E-state index in [0.717, 1.165) is 22.2 Å². The lowest BCUT2D eigenvalue weighted by Gasteiger charge is -2.03. The summed E-state index contributed by atoms with van der Waals surface area (Å²) >= 11 is 0. The highest BCUT2D eigenvalue weighted by Crippen LogP contribution is 2.27. The maximum atomic E-state index is 11.8. The van der Waals surface area contributed by atoms with Gasteiger partial charge in [0, 0.05) is 37.7 Å². The minimum absolute atomic E-state index is 0.0809. The molecule has 0 aliphatic heterocycles. The number of fused-ring (bicyclic) bond motifs is 1. The lowest BCUT2D eigenvalue weighted by atomic mass is 10.1. The minimum Gasteiger partial charge on any atom is -0.383 e. The largest absolute Gasteiger partial charge is 0.383 e. The number of carbonyl (C=O) groups excluding carboxylic acids is 1. The number of pyridine rings is 2. The van der Waals surface area contributed by atoms with Crippen LogP contribution in [-0.4, -0.2) is 39.4 Å². The molecule has 1 N–H and O–H groups in total. The molecule has 24 heavy (non-hydrogen) atoms. The maximum absolute atomic E-state index is 11.8. The molecule has 7 heteroatoms. The number of anilines is 1. The number of nitrogens with one attached hydrogen (secondary N) is 1. The van der Waals surface area contributed by atoms with Crippen molar-refractivity contribution in [1.82, 2.24) is 19.7 Å². The predicted octanol–water partition coefficient (Wildman–Crippen LogP) is 2.49. The Morgan fingerprint density at radius 3 is 2.79 bits per heavy atom. The molecule has 0 bridgehead atoms. The second kappa shape index (κ2) is 7.18. The molecular weight excluding hydrogens is 306 g/mol. The number of nitrogens with zero attached hydrogens (tertiary/aromatic N) is 4. The highest BCUT2D eigenvalue weighted by Gasteiger charge is 2.14. The van der Waals surface area contributed by atoms with Crippen molar-refractivity contribution in [2.45, 2.75) is 19.9 Å². The SMILES string of the molecule is CCC(=O)Nc1nn(CCOC)c2ncc(-c3ccncc3)cc12. The molecule has 1 amide bonds. The van der Waals surface area contributed by atoms with Crippen molar-refractivity contribution in [1.29, 1.82) is 0 Å². The van der Waals surface area contributed by atoms with Gasteiger partial charge in [-0.3, -0.25) is 9.78 Å². The van der Waals surface area contributed by atoms with Crippen LogP contribution in [0.3, 0.4) is 0 Å². The highest BCUT2D eigenvalue weighted by molar-refractivity contribution is 5.99. The maximum Gasteiger partial charge on any atom is 0.225 e. The molecule has 0 radical (unpaired) electrons. The number of aromatic nitrogens is 4. The fraction of sp³-hybridized carbons (Fsp3) is 0.294. The Morgan fingerprint density at radius 1 is 1.29 bits per heavy atom. The van der Waals surface area contributed by atoms with Gasteiger partial charge in [-0.15, -0.1) is 0 Å². The summed E-state index contributed by atoms with van der Waals surface area (Å²) in [6.07, 6.45) is 5.67. The molecule has 0 unspecified atom stereocenters. The highest BCUT2D eigenvalue weighted by atomic mass is 16.5. The van der Waals surface area contributed by atoms with Gasteiger partial charge < -0.3 is 10.1 Å². The van der Waals surface area contributed by atoms with Gasteiger partial charge in [-0.25, -0.2) is 9.67 Å². The van der Waals surface area contributed by atoms with Crippen LogP contribution in [-0.2, 0) is 16.1 Å². The average molecular weight is 325 g/mol. The van der Waals surface area contributed by atoms with E-state index in [1.54, 1.807) is 37.3 Å². The number of carbonyl (C=O) groups is 1. The van der Waals surface area contributed by atoms with Crippen LogP contribution >= 0.6 is 0 Å². The van der Waals surface area contributed by atoms with Crippen LogP contribution in [0.25, 0.3) is 22.2 Å². The Balaban J connectivity index is 2.08. The number of amides is 1. The van der Waals surface area contributed by atoms with Crippen LogP contribution in [0.2, 0.25) is 0 Å². The molecule has 3 heterocycles. The van der Waals surface area contributed by atoms with E-state index in [0.29, 0.717) is 25.4 Å². The zero-order valence-corrected chi connectivity index (χ0v) is 13.7. The third-order valence-electron chi connectivity index (χ3n) is 3.69. The summed E-state index contributed by atoms with van der Waals surface area (Å²) in [5, 5.41) is 8.13. The second-order valence-corrected chi connectivity index (χ2v) is 5.30. The summed E-state index contributed by atoms with van der Waals surface area (Å²) in [4.78, 5) is 20.4. The number of ether oxygens (including phenoxy) is 1. The average Bonchev–Trinajstić information content (AvgIpc) is 2.97. The zero-order chi connectivity index (χ0) is 16.9. The Labute approximate surface area is 139 Å². The first-order valence-electron chi connectivity index (χ1n) is 7.78. The molecule has 0 aliphatic rings. The van der Waals surface area contributed by atoms with Crippen molar-refractivity contribution in [2.75, 3.05) is 19.0 Å². The summed E-state index contributed by atoms with van der Waals surface area (Å²) in [7, 11) is 1.64. The third kappa shape index (κ3) is 3.26. The second-order valence-electron chi connectivity index (χ2n) is 5.30. The molecule has 3 aromatic rings. The van der Waals surface area contributed by atoms with Gasteiger partial charge >= 0.3 is 0 Å². The van der Waals surface area contributed by atoms with E-state index in [1.165, 1.54) is 0 Å². The Bertz CT molecular complexity index is 845. The van der Waals surface area contributed by atoms with Crippen molar-refractivity contribution in [3.8, 4) is 11.1 Å². The number of hydrogen-bond acceptors (Lipinski definition) is 5. The van der Waals surface area contributed by atoms with Gasteiger partial charge in [-0.2, -0.15) is 5.10 Å². The quantitative estimate of drug-likeness (QED) is 0.753. The lowest BCUT2D eigenvalue weighted by molar-refractivity contribution is -0.115. The van der Waals surface area contributed by atoms with E-state index < -0.39 is 0 Å². The summed E-state index contributed by atoms with van der Waals surface area (Å²) in [6.45, 7) is 2.89. The summed E-state index contributed by atoms with van der Waals surface area (Å²) in [6, 6.07) is 5.82. The summed E-state index contributed by atoms with van der Waals surface area (Å²) < 4.78 is 6.87. The molecule has 0 saturated carbocycles. The van der Waals surface area contributed by atoms with Crippen molar-refractivity contribution in [2.24, 2.45) is 0 Å². The van der Waals surface area contributed by atoms with Crippen LogP contribution < -0.4 is 5.32 Å². The first-order valence-corrected chi connectivity index (χ1v) is 7.78. The van der Waals surface area contributed by atoms with Crippen molar-refractivity contribution in [3.63, 3.8) is 0 Å². The normalized spacial score (nSPS) is 10.9. The first-order chi connectivity index (χ1) is 11.7. The molecular formula is C17H19N5O2. The molecule has 0 aliphatic carbocycles. The lowest BCUT2D eigenvalue weighted by Crippen LogP contribution is -2.11. The van der Waals surface area contributed by atoms with Gasteiger partial charge in [0.25, 0.3) is 0 Å². The molecule has 0 atom stereocenters. The molecule has 7 nitrogen and oxygen atoms in total. The van der Waals surface area contributed by atoms with E-state index >= 15 is 0 Å². The predicted molar refractivity (Wildman–Crippen MR) is 91.6 cm³/mol. The van der Waals surface area contributed by atoms with Gasteiger partial charge in [0.1, 0.15) is 0 Å². The fourth-order valence-corrected chi connectivity index (χ4v) is 2.41. The topological polar surface area (TPSA) is 81.9 Å². The van der Waals surface area contributed by atoms with Crippen LogP contribution in [0.15, 0.2) is 36.8 Å². The molecule has 0 aromatic carbocycles. The van der Waals surface area contributed by atoms with E-state index in [2.05, 4.69) is 20.4 Å². The van der Waals surface area contributed by atoms with E-state index in [-0.39, 0.29) is 5.91 Å². The summed E-state index contributed by atoms with van der Waals surface area (Å²) in [5.41, 5.74) is 2.68. The van der Waals surface area contributed by atoms with E-state index in [9.17, 15) is 4.79 Å². The van der Waals surface area contributed by atoms with E-state index in [1.807, 2.05) is 18.2 Å². The molecule has 3 rings (SSSR count). The third-order valence-corrected chi connectivity index (χ3v) is 3.69. The number of rotatable bonds is 6. The fourth-order valence-electron chi connectivity index (χ4n) is 2.41. The van der Waals surface area contributed by atoms with Gasteiger partial charge in [0.05, 0.1) is 18.5 Å². The van der Waals surface area contributed by atoms with Crippen LogP contribution in [0.4, 0.5) is 5.82 Å². The van der Waals surface area contributed by atoms with Gasteiger partial charge in [-0.1, -0.05) is 6.92 Å². The first kappa shape index (κ1) is 16.1. The smallest absolute Gasteiger partial charge is 0.225 e. The van der Waals surface area contributed by atoms with E-state index in [4.69, 9.17) is 4.74 Å². The standard InChI is InChI=1S/C17H19N5O2/c1-3-15(23)20-16-14-10-13(12-4-6-18-7-5-12)11-19-17(14)22(21-16)8-9-24-2/h4-7,10-11H,3,8-9H2,1-2H3,(H,20,21,23). The molecule has 124 valence electrons. The Kier molecular flexibility index (Phi) is 4.81. The summed E-state index contributed by atoms with van der Waals surface area (Å²) in [5.74, 6) is 0.443. The molecule has 3 aromatic heterocycles. The van der Waals surface area contributed by atoms with Crippen LogP contribution in [0.5, 0.6) is 0 Å². The molecule has 0 spiro atoms.